The predicted molar refractivity (Wildman–Crippen MR) is 92.4 cm³/mol. The second-order valence-corrected chi connectivity index (χ2v) is 6.34. The van der Waals surface area contributed by atoms with Crippen molar-refractivity contribution < 1.29 is 9.18 Å². The molecule has 24 heavy (non-hydrogen) atoms. The highest BCUT2D eigenvalue weighted by Crippen LogP contribution is 2.28. The maximum Gasteiger partial charge on any atom is 0.219 e. The molecule has 6 heteroatoms. The fourth-order valence-electron chi connectivity index (χ4n) is 3.29. The normalized spacial score (nSPS) is 17.9. The minimum atomic E-state index is -0.323. The summed E-state index contributed by atoms with van der Waals surface area (Å²) in [5, 5.41) is 3.76. The summed E-state index contributed by atoms with van der Waals surface area (Å²) in [5.41, 5.74) is 0.362. The van der Waals surface area contributed by atoms with E-state index < -0.39 is 0 Å². The summed E-state index contributed by atoms with van der Waals surface area (Å²) in [4.78, 5) is 22.3. The zero-order chi connectivity index (χ0) is 16.9. The molecule has 1 atom stereocenters. The molecular formula is C18H23FN4O. The first kappa shape index (κ1) is 16.6. The molecule has 1 amide bonds. The average molecular weight is 330 g/mol. The standard InChI is InChI=1S/C18H23FN4O/c1-2-5-16(24)20-10-13-6-4-9-23(11-13)18-14-7-3-8-15(19)17(14)21-12-22-18/h3,7-8,12-13H,2,4-6,9-11H2,1H3,(H,20,24). The van der Waals surface area contributed by atoms with Crippen LogP contribution < -0.4 is 10.2 Å². The van der Waals surface area contributed by atoms with Gasteiger partial charge in [-0.05, 0) is 37.3 Å². The van der Waals surface area contributed by atoms with E-state index in [0.29, 0.717) is 24.4 Å². The highest BCUT2D eigenvalue weighted by molar-refractivity contribution is 5.89. The van der Waals surface area contributed by atoms with Gasteiger partial charge in [0, 0.05) is 31.4 Å². The second-order valence-electron chi connectivity index (χ2n) is 6.34. The number of piperidine rings is 1. The first-order valence-electron chi connectivity index (χ1n) is 8.60. The monoisotopic (exact) mass is 330 g/mol. The van der Waals surface area contributed by atoms with Gasteiger partial charge in [-0.15, -0.1) is 0 Å². The van der Waals surface area contributed by atoms with E-state index in [-0.39, 0.29) is 11.7 Å². The molecule has 128 valence electrons. The molecule has 1 saturated heterocycles. The Hall–Kier alpha value is -2.24. The number of carbonyl (C=O) groups is 1. The van der Waals surface area contributed by atoms with Crippen molar-refractivity contribution in [3.05, 3.63) is 30.3 Å². The van der Waals surface area contributed by atoms with E-state index in [0.717, 1.165) is 43.6 Å². The molecule has 1 aliphatic heterocycles. The zero-order valence-electron chi connectivity index (χ0n) is 14.0. The molecule has 1 aromatic heterocycles. The molecule has 5 nitrogen and oxygen atoms in total. The van der Waals surface area contributed by atoms with Crippen molar-refractivity contribution in [3.8, 4) is 0 Å². The van der Waals surface area contributed by atoms with Crippen molar-refractivity contribution in [1.82, 2.24) is 15.3 Å². The number of rotatable bonds is 5. The SMILES string of the molecule is CCCC(=O)NCC1CCCN(c2ncnc3c(F)cccc23)C1. The molecule has 1 aliphatic rings. The number of benzene rings is 1. The molecule has 0 saturated carbocycles. The van der Waals surface area contributed by atoms with Crippen molar-refractivity contribution >= 4 is 22.6 Å². The summed E-state index contributed by atoms with van der Waals surface area (Å²) < 4.78 is 13.9. The minimum absolute atomic E-state index is 0.115. The lowest BCUT2D eigenvalue weighted by atomic mass is 9.97. The molecule has 0 spiro atoms. The summed E-state index contributed by atoms with van der Waals surface area (Å²) in [6.07, 6.45) is 4.98. The largest absolute Gasteiger partial charge is 0.356 e. The molecule has 2 aromatic rings. The number of para-hydroxylation sites is 1. The van der Waals surface area contributed by atoms with Crippen LogP contribution in [0.25, 0.3) is 10.9 Å². The van der Waals surface area contributed by atoms with Crippen molar-refractivity contribution in [2.75, 3.05) is 24.5 Å². The van der Waals surface area contributed by atoms with Crippen LogP contribution in [0.1, 0.15) is 32.6 Å². The Bertz CT molecular complexity index is 721. The van der Waals surface area contributed by atoms with E-state index in [1.807, 2.05) is 13.0 Å². The number of anilines is 1. The second kappa shape index (κ2) is 7.55. The molecule has 0 aliphatic carbocycles. The van der Waals surface area contributed by atoms with Crippen molar-refractivity contribution in [1.29, 1.82) is 0 Å². The van der Waals surface area contributed by atoms with Gasteiger partial charge >= 0.3 is 0 Å². The maximum absolute atomic E-state index is 13.9. The van der Waals surface area contributed by atoms with Crippen LogP contribution in [0.15, 0.2) is 24.5 Å². The van der Waals surface area contributed by atoms with Gasteiger partial charge in [0.15, 0.2) is 0 Å². The fraction of sp³-hybridized carbons (Fsp3) is 0.500. The number of nitrogens with one attached hydrogen (secondary N) is 1. The van der Waals surface area contributed by atoms with Gasteiger partial charge in [-0.25, -0.2) is 14.4 Å². The molecule has 1 N–H and O–H groups in total. The first-order valence-corrected chi connectivity index (χ1v) is 8.60. The predicted octanol–water partition coefficient (Wildman–Crippen LogP) is 2.90. The van der Waals surface area contributed by atoms with Gasteiger partial charge < -0.3 is 10.2 Å². The van der Waals surface area contributed by atoms with Crippen LogP contribution >= 0.6 is 0 Å². The van der Waals surface area contributed by atoms with Crippen LogP contribution in [0.4, 0.5) is 10.2 Å². The van der Waals surface area contributed by atoms with Gasteiger partial charge in [0.1, 0.15) is 23.5 Å². The highest BCUT2D eigenvalue weighted by Gasteiger charge is 2.23. The quantitative estimate of drug-likeness (QED) is 0.916. The Morgan fingerprint density at radius 1 is 1.42 bits per heavy atom. The Morgan fingerprint density at radius 3 is 3.12 bits per heavy atom. The third-order valence-electron chi connectivity index (χ3n) is 4.48. The van der Waals surface area contributed by atoms with Crippen molar-refractivity contribution in [2.24, 2.45) is 5.92 Å². The Morgan fingerprint density at radius 2 is 2.29 bits per heavy atom. The summed E-state index contributed by atoms with van der Waals surface area (Å²) in [5.74, 6) is 0.961. The number of nitrogens with zero attached hydrogens (tertiary/aromatic N) is 3. The van der Waals surface area contributed by atoms with E-state index in [4.69, 9.17) is 0 Å². The number of hydrogen-bond acceptors (Lipinski definition) is 4. The van der Waals surface area contributed by atoms with E-state index in [9.17, 15) is 9.18 Å². The Kier molecular flexibility index (Phi) is 5.23. The Balaban J connectivity index is 1.73. The summed E-state index contributed by atoms with van der Waals surface area (Å²) in [6.45, 7) is 4.39. The lowest BCUT2D eigenvalue weighted by Crippen LogP contribution is -2.41. The van der Waals surface area contributed by atoms with Crippen LogP contribution in [0.3, 0.4) is 0 Å². The van der Waals surface area contributed by atoms with Crippen LogP contribution in [0.5, 0.6) is 0 Å². The van der Waals surface area contributed by atoms with Crippen molar-refractivity contribution in [3.63, 3.8) is 0 Å². The molecule has 1 aromatic carbocycles. The number of hydrogen-bond donors (Lipinski definition) is 1. The van der Waals surface area contributed by atoms with Gasteiger partial charge in [-0.1, -0.05) is 13.0 Å². The molecule has 0 radical (unpaired) electrons. The highest BCUT2D eigenvalue weighted by atomic mass is 19.1. The van der Waals surface area contributed by atoms with Crippen LogP contribution in [0, 0.1) is 11.7 Å². The maximum atomic E-state index is 13.9. The average Bonchev–Trinajstić information content (AvgIpc) is 2.60. The number of fused-ring (bicyclic) bond motifs is 1. The molecule has 1 unspecified atom stereocenters. The van der Waals surface area contributed by atoms with Gasteiger partial charge in [-0.2, -0.15) is 0 Å². The third kappa shape index (κ3) is 3.63. The van der Waals surface area contributed by atoms with Gasteiger partial charge in [0.25, 0.3) is 0 Å². The van der Waals surface area contributed by atoms with E-state index >= 15 is 0 Å². The van der Waals surface area contributed by atoms with Crippen LogP contribution in [-0.4, -0.2) is 35.5 Å². The van der Waals surface area contributed by atoms with Gasteiger partial charge in [0.2, 0.25) is 5.91 Å². The number of carbonyl (C=O) groups excluding carboxylic acids is 1. The summed E-state index contributed by atoms with van der Waals surface area (Å²) in [6, 6.07) is 4.97. The van der Waals surface area contributed by atoms with Crippen LogP contribution in [-0.2, 0) is 4.79 Å². The zero-order valence-corrected chi connectivity index (χ0v) is 14.0. The van der Waals surface area contributed by atoms with Crippen molar-refractivity contribution in [2.45, 2.75) is 32.6 Å². The molecule has 0 bridgehead atoms. The number of amides is 1. The molecule has 3 rings (SSSR count). The summed E-state index contributed by atoms with van der Waals surface area (Å²) >= 11 is 0. The molecule has 2 heterocycles. The molecule has 1 fully saturated rings. The minimum Gasteiger partial charge on any atom is -0.356 e. The molecular weight excluding hydrogens is 307 g/mol. The first-order chi connectivity index (χ1) is 11.7. The third-order valence-corrected chi connectivity index (χ3v) is 4.48. The lowest BCUT2D eigenvalue weighted by molar-refractivity contribution is -0.121. The number of aromatic nitrogens is 2. The Labute approximate surface area is 141 Å². The topological polar surface area (TPSA) is 58.1 Å². The van der Waals surface area contributed by atoms with E-state index in [1.54, 1.807) is 6.07 Å². The van der Waals surface area contributed by atoms with Crippen LogP contribution in [0.2, 0.25) is 0 Å². The van der Waals surface area contributed by atoms with Gasteiger partial charge in [0.05, 0.1) is 0 Å². The van der Waals surface area contributed by atoms with E-state index in [1.165, 1.54) is 12.4 Å². The number of halogens is 1. The lowest BCUT2D eigenvalue weighted by Gasteiger charge is -2.34. The van der Waals surface area contributed by atoms with E-state index in [2.05, 4.69) is 20.2 Å². The fourth-order valence-corrected chi connectivity index (χ4v) is 3.29. The van der Waals surface area contributed by atoms with Gasteiger partial charge in [-0.3, -0.25) is 4.79 Å². The summed E-state index contributed by atoms with van der Waals surface area (Å²) in [7, 11) is 0. The smallest absolute Gasteiger partial charge is 0.219 e.